The third-order valence-electron chi connectivity index (χ3n) is 3.50. The Kier molecular flexibility index (Phi) is 2.06. The summed E-state index contributed by atoms with van der Waals surface area (Å²) in [5, 5.41) is 7.48. The van der Waals surface area contributed by atoms with Gasteiger partial charge in [0.15, 0.2) is 5.82 Å². The smallest absolute Gasteiger partial charge is 0.233 e. The van der Waals surface area contributed by atoms with E-state index in [0.717, 1.165) is 31.2 Å². The first-order valence-corrected chi connectivity index (χ1v) is 5.83. The number of aromatic nitrogens is 2. The maximum atomic E-state index is 5.41. The summed E-state index contributed by atoms with van der Waals surface area (Å²) in [6, 6.07) is 0. The topological polar surface area (TPSA) is 51.0 Å². The predicted octanol–water partition coefficient (Wildman–Crippen LogP) is 1.59. The van der Waals surface area contributed by atoms with Crippen LogP contribution in [0.1, 0.15) is 50.2 Å². The zero-order valence-electron chi connectivity index (χ0n) is 9.12. The van der Waals surface area contributed by atoms with Gasteiger partial charge in [-0.2, -0.15) is 4.98 Å². The molecule has 3 rings (SSSR count). The predicted molar refractivity (Wildman–Crippen MR) is 55.7 cm³/mol. The number of hydrogen-bond acceptors (Lipinski definition) is 4. The van der Waals surface area contributed by atoms with Crippen molar-refractivity contribution in [1.29, 1.82) is 0 Å². The van der Waals surface area contributed by atoms with Gasteiger partial charge in [0.2, 0.25) is 5.89 Å². The molecule has 0 spiro atoms. The summed E-state index contributed by atoms with van der Waals surface area (Å²) in [5.74, 6) is 2.34. The van der Waals surface area contributed by atoms with E-state index < -0.39 is 0 Å². The second kappa shape index (κ2) is 3.30. The minimum atomic E-state index is 0.0540. The lowest BCUT2D eigenvalue weighted by atomic mass is 9.83. The Labute approximate surface area is 89.4 Å². The molecule has 0 bridgehead atoms. The van der Waals surface area contributed by atoms with Crippen LogP contribution in [0.3, 0.4) is 0 Å². The highest BCUT2D eigenvalue weighted by molar-refractivity contribution is 5.10. The molecule has 1 aliphatic carbocycles. The molecule has 1 atom stereocenters. The average Bonchev–Trinajstić information content (AvgIpc) is 2.97. The monoisotopic (exact) mass is 207 g/mol. The first-order chi connectivity index (χ1) is 7.28. The van der Waals surface area contributed by atoms with Crippen molar-refractivity contribution in [1.82, 2.24) is 15.5 Å². The van der Waals surface area contributed by atoms with E-state index in [1.165, 1.54) is 19.3 Å². The Morgan fingerprint density at radius 3 is 3.00 bits per heavy atom. The fourth-order valence-corrected chi connectivity index (χ4v) is 2.23. The van der Waals surface area contributed by atoms with Crippen LogP contribution < -0.4 is 5.32 Å². The van der Waals surface area contributed by atoms with Crippen LogP contribution in [0.15, 0.2) is 4.52 Å². The standard InChI is InChI=1S/C11H17N3O/c1-11(5-2-6-12-7-11)10-13-9(14-15-10)8-3-4-8/h8,12H,2-7H2,1H3. The van der Waals surface area contributed by atoms with Crippen LogP contribution in [0.5, 0.6) is 0 Å². The third kappa shape index (κ3) is 1.67. The Morgan fingerprint density at radius 1 is 1.47 bits per heavy atom. The molecule has 1 aliphatic heterocycles. The number of nitrogens with one attached hydrogen (secondary N) is 1. The van der Waals surface area contributed by atoms with Gasteiger partial charge in [-0.25, -0.2) is 0 Å². The molecule has 1 N–H and O–H groups in total. The van der Waals surface area contributed by atoms with Crippen LogP contribution in [-0.4, -0.2) is 23.2 Å². The minimum Gasteiger partial charge on any atom is -0.339 e. The van der Waals surface area contributed by atoms with Crippen LogP contribution in [0.4, 0.5) is 0 Å². The second-order valence-electron chi connectivity index (χ2n) is 5.07. The quantitative estimate of drug-likeness (QED) is 0.800. The number of hydrogen-bond donors (Lipinski definition) is 1. The van der Waals surface area contributed by atoms with Gasteiger partial charge in [-0.15, -0.1) is 0 Å². The van der Waals surface area contributed by atoms with E-state index in [2.05, 4.69) is 22.4 Å². The van der Waals surface area contributed by atoms with Gasteiger partial charge in [0.25, 0.3) is 0 Å². The Balaban J connectivity index is 1.83. The van der Waals surface area contributed by atoms with Crippen LogP contribution in [-0.2, 0) is 5.41 Å². The van der Waals surface area contributed by atoms with Crippen molar-refractivity contribution in [3.8, 4) is 0 Å². The minimum absolute atomic E-state index is 0.0540. The molecule has 1 saturated heterocycles. The van der Waals surface area contributed by atoms with E-state index in [-0.39, 0.29) is 5.41 Å². The largest absolute Gasteiger partial charge is 0.339 e. The lowest BCUT2D eigenvalue weighted by Gasteiger charge is -2.30. The summed E-state index contributed by atoms with van der Waals surface area (Å²) in [7, 11) is 0. The van der Waals surface area contributed by atoms with E-state index in [0.29, 0.717) is 5.92 Å². The van der Waals surface area contributed by atoms with Crippen LogP contribution >= 0.6 is 0 Å². The molecule has 4 heteroatoms. The molecule has 82 valence electrons. The second-order valence-corrected chi connectivity index (χ2v) is 5.07. The van der Waals surface area contributed by atoms with Crippen LogP contribution in [0.25, 0.3) is 0 Å². The molecule has 2 heterocycles. The van der Waals surface area contributed by atoms with Crippen molar-refractivity contribution in [3.63, 3.8) is 0 Å². The molecule has 1 aromatic heterocycles. The van der Waals surface area contributed by atoms with Gasteiger partial charge in [0.05, 0.1) is 5.41 Å². The number of piperidine rings is 1. The summed E-state index contributed by atoms with van der Waals surface area (Å²) in [6.07, 6.45) is 4.80. The molecule has 1 unspecified atom stereocenters. The number of rotatable bonds is 2. The molecule has 2 aliphatic rings. The van der Waals surface area contributed by atoms with Crippen molar-refractivity contribution >= 4 is 0 Å². The van der Waals surface area contributed by atoms with Crippen LogP contribution in [0.2, 0.25) is 0 Å². The molecule has 0 radical (unpaired) electrons. The summed E-state index contributed by atoms with van der Waals surface area (Å²) < 4.78 is 5.41. The first-order valence-electron chi connectivity index (χ1n) is 5.83. The lowest BCUT2D eigenvalue weighted by Crippen LogP contribution is -2.41. The average molecular weight is 207 g/mol. The molecule has 1 saturated carbocycles. The van der Waals surface area contributed by atoms with Crippen molar-refractivity contribution in [2.24, 2.45) is 0 Å². The van der Waals surface area contributed by atoms with Crippen molar-refractivity contribution in [2.45, 2.75) is 43.9 Å². The van der Waals surface area contributed by atoms with Crippen molar-refractivity contribution in [3.05, 3.63) is 11.7 Å². The Hall–Kier alpha value is -0.900. The Bertz CT molecular complexity index is 350. The van der Waals surface area contributed by atoms with Crippen LogP contribution in [0, 0.1) is 0 Å². The van der Waals surface area contributed by atoms with E-state index in [1.54, 1.807) is 0 Å². The zero-order chi connectivity index (χ0) is 10.3. The normalized spacial score (nSPS) is 31.8. The van der Waals surface area contributed by atoms with E-state index in [9.17, 15) is 0 Å². The molecule has 2 fully saturated rings. The Morgan fingerprint density at radius 2 is 2.33 bits per heavy atom. The lowest BCUT2D eigenvalue weighted by molar-refractivity contribution is 0.244. The van der Waals surface area contributed by atoms with E-state index in [1.807, 2.05) is 0 Å². The van der Waals surface area contributed by atoms with Gasteiger partial charge in [-0.05, 0) is 39.2 Å². The van der Waals surface area contributed by atoms with Crippen molar-refractivity contribution in [2.75, 3.05) is 13.1 Å². The first kappa shape index (κ1) is 9.33. The highest BCUT2D eigenvalue weighted by atomic mass is 16.5. The molecule has 15 heavy (non-hydrogen) atoms. The van der Waals surface area contributed by atoms with E-state index >= 15 is 0 Å². The fourth-order valence-electron chi connectivity index (χ4n) is 2.23. The molecule has 0 aromatic carbocycles. The molecule has 4 nitrogen and oxygen atoms in total. The highest BCUT2D eigenvalue weighted by Crippen LogP contribution is 2.39. The maximum absolute atomic E-state index is 5.41. The van der Waals surface area contributed by atoms with Gasteiger partial charge in [0, 0.05) is 12.5 Å². The highest BCUT2D eigenvalue weighted by Gasteiger charge is 2.36. The summed E-state index contributed by atoms with van der Waals surface area (Å²) >= 11 is 0. The molecular weight excluding hydrogens is 190 g/mol. The van der Waals surface area contributed by atoms with Crippen molar-refractivity contribution < 1.29 is 4.52 Å². The summed E-state index contributed by atoms with van der Waals surface area (Å²) in [5.41, 5.74) is 0.0540. The van der Waals surface area contributed by atoms with Gasteiger partial charge >= 0.3 is 0 Å². The summed E-state index contributed by atoms with van der Waals surface area (Å²) in [6.45, 7) is 4.28. The van der Waals surface area contributed by atoms with Gasteiger partial charge in [-0.1, -0.05) is 5.16 Å². The molecule has 1 aromatic rings. The van der Waals surface area contributed by atoms with E-state index in [4.69, 9.17) is 4.52 Å². The number of nitrogens with zero attached hydrogens (tertiary/aromatic N) is 2. The molecule has 0 amide bonds. The maximum Gasteiger partial charge on any atom is 0.233 e. The third-order valence-corrected chi connectivity index (χ3v) is 3.50. The fraction of sp³-hybridized carbons (Fsp3) is 0.818. The van der Waals surface area contributed by atoms with Gasteiger partial charge in [-0.3, -0.25) is 0 Å². The summed E-state index contributed by atoms with van der Waals surface area (Å²) in [4.78, 5) is 4.55. The SMILES string of the molecule is CC1(c2nc(C3CC3)no2)CCCNC1. The van der Waals surface area contributed by atoms with Gasteiger partial charge < -0.3 is 9.84 Å². The van der Waals surface area contributed by atoms with Gasteiger partial charge in [0.1, 0.15) is 0 Å². The molecular formula is C11H17N3O. The zero-order valence-corrected chi connectivity index (χ0v) is 9.12.